The first kappa shape index (κ1) is 14.3. The van der Waals surface area contributed by atoms with E-state index in [0.29, 0.717) is 25.2 Å². The number of carbonyl (C=O) groups is 2. The number of nitrogens with zero attached hydrogens (tertiary/aromatic N) is 1. The first-order valence-electron chi connectivity index (χ1n) is 6.90. The lowest BCUT2D eigenvalue weighted by Gasteiger charge is -2.28. The van der Waals surface area contributed by atoms with E-state index in [-0.39, 0.29) is 5.97 Å². The van der Waals surface area contributed by atoms with Crippen LogP contribution in [0.4, 0.5) is 5.69 Å². The van der Waals surface area contributed by atoms with Crippen molar-refractivity contribution < 1.29 is 14.3 Å². The zero-order chi connectivity index (χ0) is 14.4. The second-order valence-corrected chi connectivity index (χ2v) is 4.70. The van der Waals surface area contributed by atoms with Gasteiger partial charge in [0.1, 0.15) is 5.78 Å². The van der Waals surface area contributed by atoms with Gasteiger partial charge in [-0.2, -0.15) is 0 Å². The minimum absolute atomic E-state index is 0.328. The SMILES string of the molecule is CCOC(=O)C=Cc1ccc(N2CCC(=O)CC2)cc1. The topological polar surface area (TPSA) is 46.6 Å². The number of ether oxygens (including phenoxy) is 1. The molecule has 4 heteroatoms. The molecule has 0 spiro atoms. The van der Waals surface area contributed by atoms with Gasteiger partial charge in [0.2, 0.25) is 0 Å². The van der Waals surface area contributed by atoms with Gasteiger partial charge < -0.3 is 9.64 Å². The Morgan fingerprint density at radius 1 is 1.25 bits per heavy atom. The molecule has 1 fully saturated rings. The van der Waals surface area contributed by atoms with E-state index in [1.165, 1.54) is 6.08 Å². The molecule has 0 radical (unpaired) electrons. The first-order valence-corrected chi connectivity index (χ1v) is 6.90. The highest BCUT2D eigenvalue weighted by Crippen LogP contribution is 2.19. The summed E-state index contributed by atoms with van der Waals surface area (Å²) >= 11 is 0. The number of ketones is 1. The number of benzene rings is 1. The van der Waals surface area contributed by atoms with Crippen molar-refractivity contribution in [3.05, 3.63) is 35.9 Å². The average molecular weight is 273 g/mol. The fourth-order valence-electron chi connectivity index (χ4n) is 2.17. The Morgan fingerprint density at radius 3 is 2.50 bits per heavy atom. The van der Waals surface area contributed by atoms with Crippen LogP contribution in [0.1, 0.15) is 25.3 Å². The Balaban J connectivity index is 1.96. The lowest BCUT2D eigenvalue weighted by Crippen LogP contribution is -2.33. The normalized spacial score (nSPS) is 15.7. The number of piperidine rings is 1. The summed E-state index contributed by atoms with van der Waals surface area (Å²) < 4.78 is 4.83. The minimum atomic E-state index is -0.328. The van der Waals surface area contributed by atoms with Gasteiger partial charge in [0, 0.05) is 37.7 Å². The van der Waals surface area contributed by atoms with Crippen molar-refractivity contribution in [1.82, 2.24) is 0 Å². The summed E-state index contributed by atoms with van der Waals surface area (Å²) in [5.74, 6) is 0.0151. The van der Waals surface area contributed by atoms with Gasteiger partial charge in [-0.3, -0.25) is 4.79 Å². The molecular weight excluding hydrogens is 254 g/mol. The van der Waals surface area contributed by atoms with Crippen molar-refractivity contribution in [1.29, 1.82) is 0 Å². The molecule has 1 aromatic carbocycles. The molecule has 1 aliphatic rings. The van der Waals surface area contributed by atoms with Crippen LogP contribution >= 0.6 is 0 Å². The second-order valence-electron chi connectivity index (χ2n) is 4.70. The Bertz CT molecular complexity index is 495. The molecule has 0 aromatic heterocycles. The predicted molar refractivity (Wildman–Crippen MR) is 78.6 cm³/mol. The highest BCUT2D eigenvalue weighted by molar-refractivity contribution is 5.87. The van der Waals surface area contributed by atoms with E-state index in [1.54, 1.807) is 13.0 Å². The van der Waals surface area contributed by atoms with Gasteiger partial charge >= 0.3 is 5.97 Å². The summed E-state index contributed by atoms with van der Waals surface area (Å²) in [7, 11) is 0. The standard InChI is InChI=1S/C16H19NO3/c1-2-20-16(19)8-5-13-3-6-14(7-4-13)17-11-9-15(18)10-12-17/h3-8H,2,9-12H2,1H3. The third-order valence-electron chi connectivity index (χ3n) is 3.28. The van der Waals surface area contributed by atoms with E-state index in [0.717, 1.165) is 24.3 Å². The van der Waals surface area contributed by atoms with Crippen LogP contribution in [0.3, 0.4) is 0 Å². The van der Waals surface area contributed by atoms with Crippen LogP contribution in [0.2, 0.25) is 0 Å². The van der Waals surface area contributed by atoms with Crippen molar-refractivity contribution in [2.45, 2.75) is 19.8 Å². The monoisotopic (exact) mass is 273 g/mol. The zero-order valence-electron chi connectivity index (χ0n) is 11.7. The van der Waals surface area contributed by atoms with Gasteiger partial charge in [0.05, 0.1) is 6.61 Å². The van der Waals surface area contributed by atoms with E-state index in [1.807, 2.05) is 24.3 Å². The van der Waals surface area contributed by atoms with Gasteiger partial charge in [-0.1, -0.05) is 12.1 Å². The maximum absolute atomic E-state index is 11.2. The van der Waals surface area contributed by atoms with Crippen LogP contribution in [0.15, 0.2) is 30.3 Å². The minimum Gasteiger partial charge on any atom is -0.463 e. The molecule has 0 aliphatic carbocycles. The molecular formula is C16H19NO3. The Labute approximate surface area is 119 Å². The van der Waals surface area contributed by atoms with Crippen LogP contribution < -0.4 is 4.90 Å². The molecule has 0 amide bonds. The summed E-state index contributed by atoms with van der Waals surface area (Å²) in [6, 6.07) is 7.95. The van der Waals surface area contributed by atoms with Crippen LogP contribution in [-0.4, -0.2) is 31.4 Å². The Kier molecular flexibility index (Phi) is 4.93. The molecule has 0 N–H and O–H groups in total. The van der Waals surface area contributed by atoms with Crippen molar-refractivity contribution in [2.24, 2.45) is 0 Å². The molecule has 4 nitrogen and oxygen atoms in total. The molecule has 1 saturated heterocycles. The molecule has 0 unspecified atom stereocenters. The second kappa shape index (κ2) is 6.89. The third kappa shape index (κ3) is 3.95. The van der Waals surface area contributed by atoms with E-state index in [9.17, 15) is 9.59 Å². The lowest BCUT2D eigenvalue weighted by atomic mass is 10.1. The fourth-order valence-corrected chi connectivity index (χ4v) is 2.17. The lowest BCUT2D eigenvalue weighted by molar-refractivity contribution is -0.137. The van der Waals surface area contributed by atoms with Crippen LogP contribution in [0.25, 0.3) is 6.08 Å². The maximum Gasteiger partial charge on any atom is 0.330 e. The van der Waals surface area contributed by atoms with Crippen molar-refractivity contribution in [2.75, 3.05) is 24.6 Å². The molecule has 2 rings (SSSR count). The van der Waals surface area contributed by atoms with Gasteiger partial charge in [0.25, 0.3) is 0 Å². The van der Waals surface area contributed by atoms with Crippen LogP contribution in [0.5, 0.6) is 0 Å². The molecule has 1 aliphatic heterocycles. The molecule has 0 atom stereocenters. The first-order chi connectivity index (χ1) is 9.69. The van der Waals surface area contributed by atoms with Crippen molar-refractivity contribution >= 4 is 23.5 Å². The summed E-state index contributed by atoms with van der Waals surface area (Å²) in [5, 5.41) is 0. The van der Waals surface area contributed by atoms with Gasteiger partial charge in [-0.25, -0.2) is 4.79 Å². The molecule has 1 heterocycles. The van der Waals surface area contributed by atoms with Crippen molar-refractivity contribution in [3.8, 4) is 0 Å². The largest absolute Gasteiger partial charge is 0.463 e. The van der Waals surface area contributed by atoms with E-state index >= 15 is 0 Å². The molecule has 1 aromatic rings. The summed E-state index contributed by atoms with van der Waals surface area (Å²) in [6.07, 6.45) is 4.43. The van der Waals surface area contributed by atoms with Crippen LogP contribution in [0, 0.1) is 0 Å². The summed E-state index contributed by atoms with van der Waals surface area (Å²) in [6.45, 7) is 3.74. The average Bonchev–Trinajstić information content (AvgIpc) is 2.47. The zero-order valence-corrected chi connectivity index (χ0v) is 11.7. The highest BCUT2D eigenvalue weighted by Gasteiger charge is 2.15. The Morgan fingerprint density at radius 2 is 1.90 bits per heavy atom. The van der Waals surface area contributed by atoms with Crippen molar-refractivity contribution in [3.63, 3.8) is 0 Å². The maximum atomic E-state index is 11.2. The molecule has 106 valence electrons. The van der Waals surface area contributed by atoms with Crippen LogP contribution in [-0.2, 0) is 14.3 Å². The predicted octanol–water partition coefficient (Wildman–Crippen LogP) is 2.43. The van der Waals surface area contributed by atoms with Gasteiger partial charge in [-0.15, -0.1) is 0 Å². The molecule has 20 heavy (non-hydrogen) atoms. The number of hydrogen-bond acceptors (Lipinski definition) is 4. The van der Waals surface area contributed by atoms with E-state index in [2.05, 4.69) is 4.90 Å². The molecule has 0 saturated carbocycles. The number of rotatable bonds is 4. The smallest absolute Gasteiger partial charge is 0.330 e. The summed E-state index contributed by atoms with van der Waals surface area (Å²) in [5.41, 5.74) is 2.07. The number of Topliss-reactive ketones (excluding diaryl/α,β-unsaturated/α-hetero) is 1. The summed E-state index contributed by atoms with van der Waals surface area (Å²) in [4.78, 5) is 24.6. The fraction of sp³-hybridized carbons (Fsp3) is 0.375. The van der Waals surface area contributed by atoms with Gasteiger partial charge in [0.15, 0.2) is 0 Å². The number of hydrogen-bond donors (Lipinski definition) is 0. The quantitative estimate of drug-likeness (QED) is 0.624. The van der Waals surface area contributed by atoms with Gasteiger partial charge in [-0.05, 0) is 30.7 Å². The van der Waals surface area contributed by atoms with E-state index < -0.39 is 0 Å². The highest BCUT2D eigenvalue weighted by atomic mass is 16.5. The Hall–Kier alpha value is -2.10. The number of anilines is 1. The number of carbonyl (C=O) groups excluding carboxylic acids is 2. The van der Waals surface area contributed by atoms with E-state index in [4.69, 9.17) is 4.74 Å². The molecule has 0 bridgehead atoms. The third-order valence-corrected chi connectivity index (χ3v) is 3.28. The number of esters is 1.